The van der Waals surface area contributed by atoms with Gasteiger partial charge in [-0.05, 0) is 44.0 Å². The second-order valence-corrected chi connectivity index (χ2v) is 6.03. The molecule has 0 radical (unpaired) electrons. The van der Waals surface area contributed by atoms with Crippen LogP contribution < -0.4 is 11.1 Å². The van der Waals surface area contributed by atoms with Gasteiger partial charge in [0.25, 0.3) is 0 Å². The van der Waals surface area contributed by atoms with Crippen molar-refractivity contribution in [2.45, 2.75) is 25.9 Å². The number of hydrogen-bond donors (Lipinski definition) is 3. The minimum absolute atomic E-state index is 0.0674. The highest BCUT2D eigenvalue weighted by Crippen LogP contribution is 2.24. The van der Waals surface area contributed by atoms with Gasteiger partial charge in [-0.3, -0.25) is 4.79 Å². The number of benzene rings is 1. The van der Waals surface area contributed by atoms with E-state index in [-0.39, 0.29) is 12.0 Å². The molecule has 2 rings (SSSR count). The van der Waals surface area contributed by atoms with Crippen LogP contribution in [-0.4, -0.2) is 41.7 Å². The van der Waals surface area contributed by atoms with Crippen molar-refractivity contribution < 1.29 is 9.90 Å². The van der Waals surface area contributed by atoms with Crippen LogP contribution in [0, 0.1) is 5.92 Å². The molecule has 5 nitrogen and oxygen atoms in total. The van der Waals surface area contributed by atoms with Crippen LogP contribution >= 0.6 is 11.6 Å². The fourth-order valence-electron chi connectivity index (χ4n) is 2.56. The Bertz CT molecular complexity index is 508. The SMILES string of the molecule is CC(O)C1CCN(CCC(=O)Nc2ccc(N)cc2Cl)C1. The maximum Gasteiger partial charge on any atom is 0.225 e. The molecule has 1 aliphatic rings. The molecule has 1 heterocycles. The molecular weight excluding hydrogens is 290 g/mol. The van der Waals surface area contributed by atoms with Gasteiger partial charge in [-0.1, -0.05) is 11.6 Å². The number of likely N-dealkylation sites (tertiary alicyclic amines) is 1. The minimum Gasteiger partial charge on any atom is -0.399 e. The lowest BCUT2D eigenvalue weighted by molar-refractivity contribution is -0.116. The standard InChI is InChI=1S/C15H22ClN3O2/c1-10(20)11-4-6-19(9-11)7-5-15(21)18-14-3-2-12(17)8-13(14)16/h2-3,8,10-11,20H,4-7,9,17H2,1H3,(H,18,21). The molecule has 4 N–H and O–H groups in total. The predicted octanol–water partition coefficient (Wildman–Crippen LogP) is 1.95. The van der Waals surface area contributed by atoms with Crippen molar-refractivity contribution >= 4 is 28.9 Å². The Hall–Kier alpha value is -1.30. The highest BCUT2D eigenvalue weighted by Gasteiger charge is 2.25. The molecule has 1 aromatic rings. The van der Waals surface area contributed by atoms with Crippen LogP contribution in [0.3, 0.4) is 0 Å². The number of aliphatic hydroxyl groups is 1. The number of nitrogens with one attached hydrogen (secondary N) is 1. The summed E-state index contributed by atoms with van der Waals surface area (Å²) in [7, 11) is 0. The molecule has 1 aliphatic heterocycles. The quantitative estimate of drug-likeness (QED) is 0.726. The molecule has 1 amide bonds. The molecule has 0 aromatic heterocycles. The van der Waals surface area contributed by atoms with E-state index < -0.39 is 0 Å². The average Bonchev–Trinajstić information content (AvgIpc) is 2.89. The Morgan fingerprint density at radius 1 is 1.62 bits per heavy atom. The van der Waals surface area contributed by atoms with Crippen LogP contribution in [0.4, 0.5) is 11.4 Å². The molecule has 116 valence electrons. The van der Waals surface area contributed by atoms with E-state index in [4.69, 9.17) is 17.3 Å². The molecule has 2 atom stereocenters. The maximum absolute atomic E-state index is 11.9. The normalized spacial score (nSPS) is 20.4. The fourth-order valence-corrected chi connectivity index (χ4v) is 2.80. The molecule has 0 saturated carbocycles. The van der Waals surface area contributed by atoms with Crippen molar-refractivity contribution in [1.82, 2.24) is 4.90 Å². The van der Waals surface area contributed by atoms with Crippen molar-refractivity contribution in [2.24, 2.45) is 5.92 Å². The zero-order chi connectivity index (χ0) is 15.4. The van der Waals surface area contributed by atoms with E-state index in [1.807, 2.05) is 6.92 Å². The summed E-state index contributed by atoms with van der Waals surface area (Å²) in [4.78, 5) is 14.2. The van der Waals surface area contributed by atoms with Gasteiger partial charge in [0.2, 0.25) is 5.91 Å². The Morgan fingerprint density at radius 2 is 2.38 bits per heavy atom. The summed E-state index contributed by atoms with van der Waals surface area (Å²) in [5.41, 5.74) is 6.76. The van der Waals surface area contributed by atoms with Crippen molar-refractivity contribution in [3.8, 4) is 0 Å². The number of carbonyl (C=O) groups excluding carboxylic acids is 1. The number of anilines is 2. The topological polar surface area (TPSA) is 78.6 Å². The van der Waals surface area contributed by atoms with Crippen molar-refractivity contribution in [2.75, 3.05) is 30.7 Å². The monoisotopic (exact) mass is 311 g/mol. The van der Waals surface area contributed by atoms with E-state index in [0.717, 1.165) is 19.5 Å². The van der Waals surface area contributed by atoms with Gasteiger partial charge in [0.1, 0.15) is 0 Å². The molecule has 0 spiro atoms. The van der Waals surface area contributed by atoms with Crippen LogP contribution in [0.5, 0.6) is 0 Å². The maximum atomic E-state index is 11.9. The van der Waals surface area contributed by atoms with E-state index in [0.29, 0.717) is 35.3 Å². The summed E-state index contributed by atoms with van der Waals surface area (Å²) < 4.78 is 0. The van der Waals surface area contributed by atoms with E-state index in [2.05, 4.69) is 10.2 Å². The first-order valence-corrected chi connectivity index (χ1v) is 7.59. The zero-order valence-electron chi connectivity index (χ0n) is 12.2. The summed E-state index contributed by atoms with van der Waals surface area (Å²) in [6.45, 7) is 4.31. The smallest absolute Gasteiger partial charge is 0.225 e. The number of nitrogens with zero attached hydrogens (tertiary/aromatic N) is 1. The molecule has 1 saturated heterocycles. The number of amides is 1. The zero-order valence-corrected chi connectivity index (χ0v) is 12.9. The van der Waals surface area contributed by atoms with Gasteiger partial charge in [0.05, 0.1) is 16.8 Å². The molecule has 1 fully saturated rings. The summed E-state index contributed by atoms with van der Waals surface area (Å²) in [5, 5.41) is 12.8. The van der Waals surface area contributed by atoms with Crippen LogP contribution in [0.15, 0.2) is 18.2 Å². The number of aliphatic hydroxyl groups excluding tert-OH is 1. The van der Waals surface area contributed by atoms with Crippen molar-refractivity contribution in [1.29, 1.82) is 0 Å². The first kappa shape index (κ1) is 16.1. The first-order chi connectivity index (χ1) is 9.95. The van der Waals surface area contributed by atoms with E-state index >= 15 is 0 Å². The van der Waals surface area contributed by atoms with Gasteiger partial charge in [0, 0.05) is 25.2 Å². The van der Waals surface area contributed by atoms with Gasteiger partial charge >= 0.3 is 0 Å². The highest BCUT2D eigenvalue weighted by molar-refractivity contribution is 6.34. The molecule has 21 heavy (non-hydrogen) atoms. The van der Waals surface area contributed by atoms with Crippen LogP contribution in [0.25, 0.3) is 0 Å². The number of nitrogen functional groups attached to an aromatic ring is 1. The molecule has 2 unspecified atom stereocenters. The van der Waals surface area contributed by atoms with Gasteiger partial charge in [-0.2, -0.15) is 0 Å². The van der Waals surface area contributed by atoms with Crippen LogP contribution in [-0.2, 0) is 4.79 Å². The van der Waals surface area contributed by atoms with Crippen molar-refractivity contribution in [3.05, 3.63) is 23.2 Å². The number of halogens is 1. The summed E-state index contributed by atoms with van der Waals surface area (Å²) in [5.74, 6) is 0.252. The fraction of sp³-hybridized carbons (Fsp3) is 0.533. The van der Waals surface area contributed by atoms with Gasteiger partial charge in [0.15, 0.2) is 0 Å². The molecule has 0 aliphatic carbocycles. The van der Waals surface area contributed by atoms with Crippen molar-refractivity contribution in [3.63, 3.8) is 0 Å². The first-order valence-electron chi connectivity index (χ1n) is 7.21. The van der Waals surface area contributed by atoms with E-state index in [1.165, 1.54) is 0 Å². The summed E-state index contributed by atoms with van der Waals surface area (Å²) >= 11 is 6.02. The lowest BCUT2D eigenvalue weighted by atomic mass is 10.0. The van der Waals surface area contributed by atoms with E-state index in [9.17, 15) is 9.90 Å². The van der Waals surface area contributed by atoms with E-state index in [1.54, 1.807) is 18.2 Å². The third kappa shape index (κ3) is 4.59. The third-order valence-corrected chi connectivity index (χ3v) is 4.23. The minimum atomic E-state index is -0.280. The molecule has 6 heteroatoms. The average molecular weight is 312 g/mol. The lowest BCUT2D eigenvalue weighted by Gasteiger charge is -2.17. The predicted molar refractivity (Wildman–Crippen MR) is 85.3 cm³/mol. The Balaban J connectivity index is 1.78. The second kappa shape index (κ2) is 7.11. The Morgan fingerprint density at radius 3 is 3.00 bits per heavy atom. The van der Waals surface area contributed by atoms with Gasteiger partial charge < -0.3 is 21.1 Å². The number of rotatable bonds is 5. The van der Waals surface area contributed by atoms with Crippen LogP contribution in [0.1, 0.15) is 19.8 Å². The molecule has 1 aromatic carbocycles. The molecule has 0 bridgehead atoms. The van der Waals surface area contributed by atoms with Crippen LogP contribution in [0.2, 0.25) is 5.02 Å². The lowest BCUT2D eigenvalue weighted by Crippen LogP contribution is -2.27. The Kier molecular flexibility index (Phi) is 5.45. The summed E-state index contributed by atoms with van der Waals surface area (Å²) in [6.07, 6.45) is 1.12. The second-order valence-electron chi connectivity index (χ2n) is 5.63. The highest BCUT2D eigenvalue weighted by atomic mass is 35.5. The Labute approximate surface area is 130 Å². The summed E-state index contributed by atoms with van der Waals surface area (Å²) in [6, 6.07) is 5.02. The number of carbonyl (C=O) groups is 1. The van der Waals surface area contributed by atoms with Gasteiger partial charge in [-0.25, -0.2) is 0 Å². The number of nitrogens with two attached hydrogens (primary N) is 1. The van der Waals surface area contributed by atoms with Gasteiger partial charge in [-0.15, -0.1) is 0 Å². The molecular formula is C15H22ClN3O2. The third-order valence-electron chi connectivity index (χ3n) is 3.91. The largest absolute Gasteiger partial charge is 0.399 e. The number of hydrogen-bond acceptors (Lipinski definition) is 4.